The number of alkyl halides is 3. The highest BCUT2D eigenvalue weighted by atomic mass is 79.9. The first-order chi connectivity index (χ1) is 7.39. The normalized spacial score (nSPS) is 16.2. The number of carbonyl (C=O) groups excluding carboxylic acids is 1. The molecule has 5 heteroatoms. The van der Waals surface area contributed by atoms with Gasteiger partial charge < -0.3 is 0 Å². The molecular weight excluding hydrogens is 285 g/mol. The second-order valence-corrected chi connectivity index (χ2v) is 4.74. The first-order valence-electron chi connectivity index (χ1n) is 4.80. The largest absolute Gasteiger partial charge is 0.417 e. The molecule has 0 bridgehead atoms. The van der Waals surface area contributed by atoms with Gasteiger partial charge in [-0.25, -0.2) is 0 Å². The molecular formula is C11H8BrF3O. The second-order valence-electron chi connectivity index (χ2n) is 3.83. The topological polar surface area (TPSA) is 17.1 Å². The van der Waals surface area contributed by atoms with Crippen molar-refractivity contribution in [1.82, 2.24) is 0 Å². The maximum atomic E-state index is 12.7. The fraction of sp³-hybridized carbons (Fsp3) is 0.364. The number of rotatable bonds is 2. The van der Waals surface area contributed by atoms with E-state index in [0.717, 1.165) is 6.07 Å². The Bertz CT molecular complexity index is 435. The average molecular weight is 293 g/mol. The molecule has 0 heterocycles. The first kappa shape index (κ1) is 11.6. The highest BCUT2D eigenvalue weighted by Crippen LogP contribution is 2.39. The summed E-state index contributed by atoms with van der Waals surface area (Å²) in [6.07, 6.45) is -3.08. The molecule has 1 saturated carbocycles. The number of hydrogen-bond donors (Lipinski definition) is 0. The van der Waals surface area contributed by atoms with Gasteiger partial charge in [-0.1, -0.05) is 15.9 Å². The molecule has 86 valence electrons. The summed E-state index contributed by atoms with van der Waals surface area (Å²) in [6, 6.07) is 3.66. The zero-order chi connectivity index (χ0) is 11.9. The van der Waals surface area contributed by atoms with Crippen molar-refractivity contribution in [2.45, 2.75) is 19.0 Å². The molecule has 0 saturated heterocycles. The standard InChI is InChI=1S/C11H8BrF3O/c12-7-3-4-8(10(16)6-1-2-6)9(5-7)11(13,14)15/h3-6H,1-2H2. The summed E-state index contributed by atoms with van der Waals surface area (Å²) in [5.74, 6) is -0.595. The summed E-state index contributed by atoms with van der Waals surface area (Å²) in [4.78, 5) is 11.7. The monoisotopic (exact) mass is 292 g/mol. The Morgan fingerprint density at radius 3 is 2.44 bits per heavy atom. The van der Waals surface area contributed by atoms with Crippen molar-refractivity contribution in [3.05, 3.63) is 33.8 Å². The summed E-state index contributed by atoms with van der Waals surface area (Å²) in [5, 5.41) is 0. The van der Waals surface area contributed by atoms with Gasteiger partial charge >= 0.3 is 6.18 Å². The molecule has 0 amide bonds. The lowest BCUT2D eigenvalue weighted by Gasteiger charge is -2.12. The Kier molecular flexibility index (Phi) is 2.82. The van der Waals surface area contributed by atoms with E-state index in [1.54, 1.807) is 0 Å². The first-order valence-corrected chi connectivity index (χ1v) is 5.60. The van der Waals surface area contributed by atoms with E-state index in [9.17, 15) is 18.0 Å². The number of halogens is 4. The van der Waals surface area contributed by atoms with Crippen molar-refractivity contribution in [3.63, 3.8) is 0 Å². The second kappa shape index (κ2) is 3.87. The van der Waals surface area contributed by atoms with Gasteiger partial charge in [-0.15, -0.1) is 0 Å². The maximum absolute atomic E-state index is 12.7. The third-order valence-electron chi connectivity index (χ3n) is 2.50. The predicted molar refractivity (Wildman–Crippen MR) is 56.2 cm³/mol. The fourth-order valence-electron chi connectivity index (χ4n) is 1.53. The predicted octanol–water partition coefficient (Wildman–Crippen LogP) is 4.06. The van der Waals surface area contributed by atoms with Crippen LogP contribution in [0.15, 0.2) is 22.7 Å². The van der Waals surface area contributed by atoms with Gasteiger partial charge in [0.1, 0.15) is 0 Å². The molecule has 0 atom stereocenters. The van der Waals surface area contributed by atoms with Crippen LogP contribution in [0.1, 0.15) is 28.8 Å². The Labute approximate surface area is 98.8 Å². The van der Waals surface area contributed by atoms with Crippen molar-refractivity contribution >= 4 is 21.7 Å². The molecule has 1 fully saturated rings. The third-order valence-corrected chi connectivity index (χ3v) is 2.99. The van der Waals surface area contributed by atoms with Gasteiger partial charge in [0.05, 0.1) is 5.56 Å². The van der Waals surface area contributed by atoms with Crippen molar-refractivity contribution in [2.75, 3.05) is 0 Å². The zero-order valence-corrected chi connectivity index (χ0v) is 9.73. The van der Waals surface area contributed by atoms with Gasteiger partial charge in [0.15, 0.2) is 5.78 Å². The summed E-state index contributed by atoms with van der Waals surface area (Å²) in [5.41, 5.74) is -1.06. The van der Waals surface area contributed by atoms with Gasteiger partial charge in [0.2, 0.25) is 0 Å². The van der Waals surface area contributed by atoms with Gasteiger partial charge in [0.25, 0.3) is 0 Å². The summed E-state index contributed by atoms with van der Waals surface area (Å²) < 4.78 is 38.4. The highest BCUT2D eigenvalue weighted by Gasteiger charge is 2.39. The maximum Gasteiger partial charge on any atom is 0.417 e. The van der Waals surface area contributed by atoms with E-state index in [0.29, 0.717) is 17.3 Å². The minimum Gasteiger partial charge on any atom is -0.294 e. The van der Waals surface area contributed by atoms with Gasteiger partial charge in [-0.3, -0.25) is 4.79 Å². The van der Waals surface area contributed by atoms with Crippen molar-refractivity contribution in [1.29, 1.82) is 0 Å². The SMILES string of the molecule is O=C(c1ccc(Br)cc1C(F)(F)F)C1CC1. The molecule has 0 spiro atoms. The van der Waals surface area contributed by atoms with E-state index in [1.165, 1.54) is 12.1 Å². The Morgan fingerprint density at radius 2 is 1.94 bits per heavy atom. The average Bonchev–Trinajstić information content (AvgIpc) is 2.98. The lowest BCUT2D eigenvalue weighted by atomic mass is 10.0. The number of carbonyl (C=O) groups is 1. The van der Waals surface area contributed by atoms with Crippen LogP contribution in [0.4, 0.5) is 13.2 Å². The number of benzene rings is 1. The molecule has 1 aliphatic carbocycles. The van der Waals surface area contributed by atoms with E-state index in [2.05, 4.69) is 15.9 Å². The van der Waals surface area contributed by atoms with Gasteiger partial charge in [0, 0.05) is 16.0 Å². The highest BCUT2D eigenvalue weighted by molar-refractivity contribution is 9.10. The Hall–Kier alpha value is -0.840. The summed E-state index contributed by atoms with van der Waals surface area (Å²) >= 11 is 2.98. The van der Waals surface area contributed by atoms with Crippen molar-refractivity contribution in [3.8, 4) is 0 Å². The van der Waals surface area contributed by atoms with Crippen molar-refractivity contribution < 1.29 is 18.0 Å². The molecule has 0 N–H and O–H groups in total. The van der Waals surface area contributed by atoms with Crippen LogP contribution in [-0.2, 0) is 6.18 Å². The van der Waals surface area contributed by atoms with Crippen LogP contribution in [-0.4, -0.2) is 5.78 Å². The van der Waals surface area contributed by atoms with E-state index >= 15 is 0 Å². The van der Waals surface area contributed by atoms with E-state index in [4.69, 9.17) is 0 Å². The van der Waals surface area contributed by atoms with Crippen LogP contribution in [0.25, 0.3) is 0 Å². The fourth-order valence-corrected chi connectivity index (χ4v) is 1.89. The molecule has 1 nitrogen and oxygen atoms in total. The van der Waals surface area contributed by atoms with Crippen LogP contribution in [0.2, 0.25) is 0 Å². The summed E-state index contributed by atoms with van der Waals surface area (Å²) in [7, 11) is 0. The van der Waals surface area contributed by atoms with Crippen LogP contribution in [0.5, 0.6) is 0 Å². The number of hydrogen-bond acceptors (Lipinski definition) is 1. The van der Waals surface area contributed by atoms with Crippen LogP contribution in [0, 0.1) is 5.92 Å². The Morgan fingerprint density at radius 1 is 1.31 bits per heavy atom. The molecule has 0 unspecified atom stereocenters. The lowest BCUT2D eigenvalue weighted by Crippen LogP contribution is -2.14. The van der Waals surface area contributed by atoms with E-state index < -0.39 is 11.7 Å². The Balaban J connectivity index is 2.47. The lowest BCUT2D eigenvalue weighted by molar-refractivity contribution is -0.138. The molecule has 0 aliphatic heterocycles. The third kappa shape index (κ3) is 2.29. The number of Topliss-reactive ketones (excluding diaryl/α,β-unsaturated/α-hetero) is 1. The van der Waals surface area contributed by atoms with E-state index in [1.807, 2.05) is 0 Å². The number of ketones is 1. The quantitative estimate of drug-likeness (QED) is 0.751. The molecule has 0 aromatic heterocycles. The van der Waals surface area contributed by atoms with E-state index in [-0.39, 0.29) is 17.3 Å². The molecule has 16 heavy (non-hydrogen) atoms. The molecule has 1 aromatic rings. The van der Waals surface area contributed by atoms with Crippen molar-refractivity contribution in [2.24, 2.45) is 5.92 Å². The minimum atomic E-state index is -4.48. The molecule has 1 aromatic carbocycles. The van der Waals surface area contributed by atoms with Gasteiger partial charge in [-0.05, 0) is 31.0 Å². The molecule has 2 rings (SSSR count). The van der Waals surface area contributed by atoms with Crippen LogP contribution >= 0.6 is 15.9 Å². The van der Waals surface area contributed by atoms with Crippen LogP contribution in [0.3, 0.4) is 0 Å². The van der Waals surface area contributed by atoms with Gasteiger partial charge in [-0.2, -0.15) is 13.2 Å². The minimum absolute atomic E-state index is 0.206. The molecule has 1 aliphatic rings. The van der Waals surface area contributed by atoms with Crippen LogP contribution < -0.4 is 0 Å². The zero-order valence-electron chi connectivity index (χ0n) is 8.14. The molecule has 0 radical (unpaired) electrons. The summed E-state index contributed by atoms with van der Waals surface area (Å²) in [6.45, 7) is 0. The smallest absolute Gasteiger partial charge is 0.294 e.